The zero-order valence-corrected chi connectivity index (χ0v) is 18.3. The van der Waals surface area contributed by atoms with Crippen LogP contribution in [-0.2, 0) is 16.6 Å². The number of anilines is 1. The highest BCUT2D eigenvalue weighted by Gasteiger charge is 2.20. The van der Waals surface area contributed by atoms with Gasteiger partial charge >= 0.3 is 0 Å². The smallest absolute Gasteiger partial charge is 0.271 e. The molecule has 1 amide bonds. The summed E-state index contributed by atoms with van der Waals surface area (Å²) in [7, 11) is -4.04. The third-order valence-electron chi connectivity index (χ3n) is 4.48. The van der Waals surface area contributed by atoms with Gasteiger partial charge in [-0.05, 0) is 37.3 Å². The topological polar surface area (TPSA) is 114 Å². The SMILES string of the molecule is Cc1oc(-c2ccccc2NS(=O)(=O)c2cccc(F)c2)nc1CNC(=O)c1cscn1. The lowest BCUT2D eigenvalue weighted by Gasteiger charge is -2.11. The van der Waals surface area contributed by atoms with E-state index in [0.717, 1.165) is 12.1 Å². The third kappa shape index (κ3) is 4.68. The zero-order chi connectivity index (χ0) is 22.7. The Morgan fingerprint density at radius 1 is 1.19 bits per heavy atom. The molecule has 0 aliphatic carbocycles. The van der Waals surface area contributed by atoms with Gasteiger partial charge in [0.1, 0.15) is 23.0 Å². The number of carbonyl (C=O) groups excluding carboxylic acids is 1. The average molecular weight is 473 g/mol. The molecular weight excluding hydrogens is 455 g/mol. The molecule has 0 saturated carbocycles. The lowest BCUT2D eigenvalue weighted by molar-refractivity contribution is 0.0946. The summed E-state index contributed by atoms with van der Waals surface area (Å²) in [5.74, 6) is -0.341. The molecule has 2 N–H and O–H groups in total. The molecule has 4 rings (SSSR count). The molecule has 8 nitrogen and oxygen atoms in total. The number of hydrogen-bond donors (Lipinski definition) is 2. The molecule has 0 fully saturated rings. The van der Waals surface area contributed by atoms with Crippen molar-refractivity contribution >= 4 is 33.0 Å². The first kappa shape index (κ1) is 21.7. The van der Waals surface area contributed by atoms with Crippen molar-refractivity contribution in [1.29, 1.82) is 0 Å². The average Bonchev–Trinajstić information content (AvgIpc) is 3.42. The second kappa shape index (κ2) is 8.89. The normalized spacial score (nSPS) is 11.3. The minimum absolute atomic E-state index is 0.114. The number of benzene rings is 2. The van der Waals surface area contributed by atoms with E-state index < -0.39 is 15.8 Å². The molecule has 0 unspecified atom stereocenters. The monoisotopic (exact) mass is 472 g/mol. The summed E-state index contributed by atoms with van der Waals surface area (Å²) in [6.07, 6.45) is 0. The molecule has 0 spiro atoms. The van der Waals surface area contributed by atoms with Gasteiger partial charge < -0.3 is 9.73 Å². The Balaban J connectivity index is 1.57. The summed E-state index contributed by atoms with van der Waals surface area (Å²) in [6.45, 7) is 1.81. The van der Waals surface area contributed by atoms with Crippen LogP contribution in [0.25, 0.3) is 11.5 Å². The Morgan fingerprint density at radius 3 is 2.75 bits per heavy atom. The van der Waals surface area contributed by atoms with Crippen molar-refractivity contribution in [3.8, 4) is 11.5 Å². The summed E-state index contributed by atoms with van der Waals surface area (Å²) >= 11 is 1.32. The Bertz CT molecular complexity index is 1370. The Hall–Kier alpha value is -3.57. The highest BCUT2D eigenvalue weighted by Crippen LogP contribution is 2.30. The van der Waals surface area contributed by atoms with E-state index >= 15 is 0 Å². The van der Waals surface area contributed by atoms with Gasteiger partial charge in [-0.25, -0.2) is 22.8 Å². The highest BCUT2D eigenvalue weighted by atomic mass is 32.2. The maximum Gasteiger partial charge on any atom is 0.271 e. The molecule has 32 heavy (non-hydrogen) atoms. The first-order valence-electron chi connectivity index (χ1n) is 9.34. The standard InChI is InChI=1S/C21H17FN4O4S2/c1-13-18(10-23-20(27)19-11-31-12-24-19)25-21(30-13)16-7-2-3-8-17(16)26-32(28,29)15-6-4-5-14(22)9-15/h2-9,11-12,26H,10H2,1H3,(H,23,27). The van der Waals surface area contributed by atoms with Crippen LogP contribution in [0.3, 0.4) is 0 Å². The molecule has 0 bridgehead atoms. The molecule has 0 saturated heterocycles. The fourth-order valence-corrected chi connectivity index (χ4v) is 4.53. The lowest BCUT2D eigenvalue weighted by atomic mass is 10.2. The van der Waals surface area contributed by atoms with E-state index in [2.05, 4.69) is 20.0 Å². The van der Waals surface area contributed by atoms with Crippen LogP contribution >= 0.6 is 11.3 Å². The molecule has 4 aromatic rings. The number of carbonyl (C=O) groups is 1. The number of nitrogens with one attached hydrogen (secondary N) is 2. The van der Waals surface area contributed by atoms with E-state index in [-0.39, 0.29) is 28.9 Å². The van der Waals surface area contributed by atoms with Crippen LogP contribution in [0.1, 0.15) is 21.9 Å². The molecule has 164 valence electrons. The van der Waals surface area contributed by atoms with Gasteiger partial charge in [0.15, 0.2) is 0 Å². The number of nitrogens with zero attached hydrogens (tertiary/aromatic N) is 2. The summed E-state index contributed by atoms with van der Waals surface area (Å²) in [5.41, 5.74) is 2.99. The molecule has 2 aromatic carbocycles. The largest absolute Gasteiger partial charge is 0.441 e. The van der Waals surface area contributed by atoms with Gasteiger partial charge in [-0.1, -0.05) is 18.2 Å². The predicted octanol–water partition coefficient (Wildman–Crippen LogP) is 3.98. The summed E-state index contributed by atoms with van der Waals surface area (Å²) in [4.78, 5) is 20.3. The number of para-hydroxylation sites is 1. The number of halogens is 1. The van der Waals surface area contributed by atoms with E-state index in [0.29, 0.717) is 22.7 Å². The summed E-state index contributed by atoms with van der Waals surface area (Å²) in [6, 6.07) is 11.3. The first-order valence-corrected chi connectivity index (χ1v) is 11.8. The maximum atomic E-state index is 13.5. The van der Waals surface area contributed by atoms with Gasteiger partial charge in [0.25, 0.3) is 15.9 Å². The third-order valence-corrected chi connectivity index (χ3v) is 6.43. The van der Waals surface area contributed by atoms with E-state index in [1.807, 2.05) is 0 Å². The lowest BCUT2D eigenvalue weighted by Crippen LogP contribution is -2.23. The number of aryl methyl sites for hydroxylation is 1. The van der Waals surface area contributed by atoms with Crippen LogP contribution < -0.4 is 10.0 Å². The van der Waals surface area contributed by atoms with Crippen LogP contribution in [0.2, 0.25) is 0 Å². The summed E-state index contributed by atoms with van der Waals surface area (Å²) < 4.78 is 47.1. The number of amides is 1. The fraction of sp³-hybridized carbons (Fsp3) is 0.0952. The van der Waals surface area contributed by atoms with E-state index in [1.165, 1.54) is 23.5 Å². The number of rotatable bonds is 7. The molecule has 11 heteroatoms. The molecule has 0 radical (unpaired) electrons. The van der Waals surface area contributed by atoms with Crippen LogP contribution in [0.15, 0.2) is 68.7 Å². The molecule has 2 aromatic heterocycles. The van der Waals surface area contributed by atoms with Crippen molar-refractivity contribution in [3.63, 3.8) is 0 Å². The Kier molecular flexibility index (Phi) is 6.01. The number of oxazole rings is 1. The van der Waals surface area contributed by atoms with Crippen LogP contribution in [0, 0.1) is 12.7 Å². The van der Waals surface area contributed by atoms with Crippen molar-refractivity contribution in [2.45, 2.75) is 18.4 Å². The maximum absolute atomic E-state index is 13.5. The second-order valence-electron chi connectivity index (χ2n) is 6.69. The molecule has 2 heterocycles. The number of sulfonamides is 1. The van der Waals surface area contributed by atoms with Crippen LogP contribution in [-0.4, -0.2) is 24.3 Å². The number of thiazole rings is 1. The quantitative estimate of drug-likeness (QED) is 0.421. The fourth-order valence-electron chi connectivity index (χ4n) is 2.88. The highest BCUT2D eigenvalue weighted by molar-refractivity contribution is 7.92. The van der Waals surface area contributed by atoms with Gasteiger partial charge in [0, 0.05) is 5.38 Å². The van der Waals surface area contributed by atoms with E-state index in [1.54, 1.807) is 42.1 Å². The number of hydrogen-bond acceptors (Lipinski definition) is 7. The summed E-state index contributed by atoms with van der Waals surface area (Å²) in [5, 5.41) is 4.36. The van der Waals surface area contributed by atoms with E-state index in [9.17, 15) is 17.6 Å². The first-order chi connectivity index (χ1) is 15.3. The minimum atomic E-state index is -4.04. The Morgan fingerprint density at radius 2 is 2.00 bits per heavy atom. The predicted molar refractivity (Wildman–Crippen MR) is 117 cm³/mol. The molecule has 0 aliphatic rings. The molecule has 0 atom stereocenters. The van der Waals surface area contributed by atoms with Gasteiger partial charge in [0.2, 0.25) is 5.89 Å². The Labute approximate surface area is 187 Å². The van der Waals surface area contributed by atoms with Crippen molar-refractivity contribution < 1.29 is 22.0 Å². The van der Waals surface area contributed by atoms with Gasteiger partial charge in [-0.15, -0.1) is 11.3 Å². The van der Waals surface area contributed by atoms with Crippen molar-refractivity contribution in [2.24, 2.45) is 0 Å². The van der Waals surface area contributed by atoms with Crippen LogP contribution in [0.5, 0.6) is 0 Å². The zero-order valence-electron chi connectivity index (χ0n) is 16.7. The minimum Gasteiger partial charge on any atom is -0.441 e. The van der Waals surface area contributed by atoms with Gasteiger partial charge in [-0.2, -0.15) is 0 Å². The second-order valence-corrected chi connectivity index (χ2v) is 9.09. The van der Waals surface area contributed by atoms with Gasteiger partial charge in [0.05, 0.1) is 28.2 Å². The van der Waals surface area contributed by atoms with Crippen molar-refractivity contribution in [3.05, 3.63) is 82.4 Å². The molecular formula is C21H17FN4O4S2. The van der Waals surface area contributed by atoms with Gasteiger partial charge in [-0.3, -0.25) is 9.52 Å². The van der Waals surface area contributed by atoms with E-state index in [4.69, 9.17) is 4.42 Å². The van der Waals surface area contributed by atoms with Crippen LogP contribution in [0.4, 0.5) is 10.1 Å². The van der Waals surface area contributed by atoms with Crippen molar-refractivity contribution in [1.82, 2.24) is 15.3 Å². The number of aromatic nitrogens is 2. The van der Waals surface area contributed by atoms with Crippen molar-refractivity contribution in [2.75, 3.05) is 4.72 Å². The molecule has 0 aliphatic heterocycles.